The van der Waals surface area contributed by atoms with E-state index in [2.05, 4.69) is 78.4 Å². The molecule has 2 aromatic rings. The van der Waals surface area contributed by atoms with Gasteiger partial charge in [-0.2, -0.15) is 11.8 Å². The molecule has 3 rings (SSSR count). The molecule has 0 saturated carbocycles. The molecule has 0 spiro atoms. The minimum absolute atomic E-state index is 0.0191. The van der Waals surface area contributed by atoms with E-state index in [9.17, 15) is 4.79 Å². The Morgan fingerprint density at radius 3 is 1.93 bits per heavy atom. The fourth-order valence-electron chi connectivity index (χ4n) is 3.59. The molecular formula is C25H35N3OS. The molecule has 0 bridgehead atoms. The van der Waals surface area contributed by atoms with Crippen molar-refractivity contribution in [3.8, 4) is 0 Å². The average molecular weight is 426 g/mol. The number of piperazine rings is 1. The Morgan fingerprint density at radius 2 is 1.40 bits per heavy atom. The molecule has 1 amide bonds. The summed E-state index contributed by atoms with van der Waals surface area (Å²) < 4.78 is 0.236. The highest BCUT2D eigenvalue weighted by Crippen LogP contribution is 2.22. The number of nitrogens with one attached hydrogen (secondary N) is 1. The summed E-state index contributed by atoms with van der Waals surface area (Å²) in [6.07, 6.45) is 0. The molecule has 30 heavy (non-hydrogen) atoms. The van der Waals surface area contributed by atoms with Crippen LogP contribution in [0.2, 0.25) is 0 Å². The molecule has 1 heterocycles. The van der Waals surface area contributed by atoms with E-state index in [0.29, 0.717) is 6.54 Å². The Hall–Kier alpha value is -1.82. The second-order valence-corrected chi connectivity index (χ2v) is 10.9. The smallest absolute Gasteiger partial charge is 0.251 e. The van der Waals surface area contributed by atoms with Crippen LogP contribution in [-0.4, -0.2) is 58.9 Å². The number of thioether (sulfide) groups is 1. The molecule has 0 aromatic heterocycles. The van der Waals surface area contributed by atoms with Gasteiger partial charge >= 0.3 is 0 Å². The third-order valence-electron chi connectivity index (χ3n) is 5.26. The maximum Gasteiger partial charge on any atom is 0.251 e. The van der Waals surface area contributed by atoms with Gasteiger partial charge in [0.15, 0.2) is 0 Å². The van der Waals surface area contributed by atoms with Crippen molar-refractivity contribution in [3.05, 3.63) is 71.3 Å². The van der Waals surface area contributed by atoms with E-state index in [1.807, 2.05) is 23.9 Å². The van der Waals surface area contributed by atoms with Gasteiger partial charge in [-0.25, -0.2) is 0 Å². The molecule has 4 nitrogen and oxygen atoms in total. The van der Waals surface area contributed by atoms with Crippen LogP contribution in [0.3, 0.4) is 0 Å². The number of rotatable bonds is 8. The van der Waals surface area contributed by atoms with Gasteiger partial charge < -0.3 is 5.32 Å². The molecule has 2 aromatic carbocycles. The quantitative estimate of drug-likeness (QED) is 0.641. The number of carbonyl (C=O) groups excluding carboxylic acids is 1. The van der Waals surface area contributed by atoms with Crippen LogP contribution in [0.1, 0.15) is 42.3 Å². The zero-order chi connectivity index (χ0) is 21.4. The number of benzene rings is 2. The van der Waals surface area contributed by atoms with E-state index in [0.717, 1.165) is 50.6 Å². The summed E-state index contributed by atoms with van der Waals surface area (Å²) in [5.41, 5.74) is 3.40. The molecule has 1 aliphatic heterocycles. The molecule has 1 saturated heterocycles. The predicted octanol–water partition coefficient (Wildman–Crippen LogP) is 4.27. The summed E-state index contributed by atoms with van der Waals surface area (Å²) in [5, 5.41) is 3.02. The highest BCUT2D eigenvalue weighted by atomic mass is 32.2. The lowest BCUT2D eigenvalue weighted by molar-refractivity contribution is 0.0956. The third kappa shape index (κ3) is 7.78. The first-order chi connectivity index (χ1) is 14.4. The van der Waals surface area contributed by atoms with Gasteiger partial charge in [-0.05, 0) is 23.3 Å². The lowest BCUT2D eigenvalue weighted by Crippen LogP contribution is -2.45. The fourth-order valence-corrected chi connectivity index (χ4v) is 4.41. The number of carbonyl (C=O) groups is 1. The van der Waals surface area contributed by atoms with Gasteiger partial charge in [0.25, 0.3) is 5.91 Å². The van der Waals surface area contributed by atoms with Crippen LogP contribution in [0.4, 0.5) is 0 Å². The van der Waals surface area contributed by atoms with Crippen molar-refractivity contribution < 1.29 is 4.79 Å². The average Bonchev–Trinajstić information content (AvgIpc) is 2.73. The van der Waals surface area contributed by atoms with Gasteiger partial charge in [0.05, 0.1) is 0 Å². The first kappa shape index (κ1) is 22.9. The van der Waals surface area contributed by atoms with E-state index in [1.165, 1.54) is 11.1 Å². The van der Waals surface area contributed by atoms with Crippen molar-refractivity contribution in [2.24, 2.45) is 0 Å². The molecule has 1 N–H and O–H groups in total. The fraction of sp³-hybridized carbons (Fsp3) is 0.480. The SMILES string of the molecule is CC(C)(C)SCCNC(=O)c1ccc(CN2CCN(Cc3ccccc3)CC2)cc1. The summed E-state index contributed by atoms with van der Waals surface area (Å²) in [6, 6.07) is 18.8. The van der Waals surface area contributed by atoms with Crippen molar-refractivity contribution in [2.75, 3.05) is 38.5 Å². The Balaban J connectivity index is 1.39. The summed E-state index contributed by atoms with van der Waals surface area (Å²) in [4.78, 5) is 17.3. The van der Waals surface area contributed by atoms with Crippen LogP contribution in [-0.2, 0) is 13.1 Å². The van der Waals surface area contributed by atoms with Gasteiger partial charge in [0.1, 0.15) is 0 Å². The molecule has 162 valence electrons. The second kappa shape index (κ2) is 11.0. The molecule has 0 unspecified atom stereocenters. The molecule has 1 fully saturated rings. The monoisotopic (exact) mass is 425 g/mol. The highest BCUT2D eigenvalue weighted by Gasteiger charge is 2.17. The normalized spacial score (nSPS) is 15.8. The second-order valence-electron chi connectivity index (χ2n) is 8.95. The molecule has 0 radical (unpaired) electrons. The minimum Gasteiger partial charge on any atom is -0.351 e. The van der Waals surface area contributed by atoms with Crippen molar-refractivity contribution >= 4 is 17.7 Å². The highest BCUT2D eigenvalue weighted by molar-refractivity contribution is 8.00. The van der Waals surface area contributed by atoms with Crippen LogP contribution in [0.5, 0.6) is 0 Å². The predicted molar refractivity (Wildman–Crippen MR) is 128 cm³/mol. The topological polar surface area (TPSA) is 35.6 Å². The molecule has 0 aliphatic carbocycles. The van der Waals surface area contributed by atoms with Crippen LogP contribution >= 0.6 is 11.8 Å². The number of amides is 1. The van der Waals surface area contributed by atoms with Crippen LogP contribution < -0.4 is 5.32 Å². The standard InChI is InChI=1S/C25H35N3OS/c1-25(2,3)30-18-13-26-24(29)23-11-9-22(10-12-23)20-28-16-14-27(15-17-28)19-21-7-5-4-6-8-21/h4-12H,13-20H2,1-3H3,(H,26,29). The Bertz CT molecular complexity index is 778. The molecule has 1 aliphatic rings. The van der Waals surface area contributed by atoms with Gasteiger partial charge in [0.2, 0.25) is 0 Å². The van der Waals surface area contributed by atoms with Crippen molar-refractivity contribution in [3.63, 3.8) is 0 Å². The summed E-state index contributed by atoms with van der Waals surface area (Å²) in [6.45, 7) is 13.6. The summed E-state index contributed by atoms with van der Waals surface area (Å²) in [7, 11) is 0. The van der Waals surface area contributed by atoms with Gasteiger partial charge in [-0.3, -0.25) is 14.6 Å². The minimum atomic E-state index is 0.0191. The van der Waals surface area contributed by atoms with Crippen LogP contribution in [0.25, 0.3) is 0 Å². The lowest BCUT2D eigenvalue weighted by atomic mass is 10.1. The van der Waals surface area contributed by atoms with Crippen molar-refractivity contribution in [2.45, 2.75) is 38.6 Å². The Labute approximate surface area is 186 Å². The largest absolute Gasteiger partial charge is 0.351 e. The third-order valence-corrected chi connectivity index (χ3v) is 6.53. The number of nitrogens with zero attached hydrogens (tertiary/aromatic N) is 2. The van der Waals surface area contributed by atoms with Crippen molar-refractivity contribution in [1.82, 2.24) is 15.1 Å². The van der Waals surface area contributed by atoms with E-state index >= 15 is 0 Å². The van der Waals surface area contributed by atoms with E-state index < -0.39 is 0 Å². The van der Waals surface area contributed by atoms with Gasteiger partial charge in [0, 0.05) is 61.9 Å². The zero-order valence-corrected chi connectivity index (χ0v) is 19.4. The summed E-state index contributed by atoms with van der Waals surface area (Å²) >= 11 is 1.87. The van der Waals surface area contributed by atoms with Gasteiger partial charge in [-0.15, -0.1) is 0 Å². The maximum atomic E-state index is 12.3. The zero-order valence-electron chi connectivity index (χ0n) is 18.6. The maximum absolute atomic E-state index is 12.3. The lowest BCUT2D eigenvalue weighted by Gasteiger charge is -2.34. The van der Waals surface area contributed by atoms with Crippen molar-refractivity contribution in [1.29, 1.82) is 0 Å². The first-order valence-corrected chi connectivity index (χ1v) is 11.9. The van der Waals surface area contributed by atoms with E-state index in [1.54, 1.807) is 0 Å². The number of hydrogen-bond acceptors (Lipinski definition) is 4. The number of hydrogen-bond donors (Lipinski definition) is 1. The summed E-state index contributed by atoms with van der Waals surface area (Å²) in [5.74, 6) is 0.953. The Morgan fingerprint density at radius 1 is 0.867 bits per heavy atom. The molecule has 5 heteroatoms. The van der Waals surface area contributed by atoms with E-state index in [4.69, 9.17) is 0 Å². The first-order valence-electron chi connectivity index (χ1n) is 10.9. The van der Waals surface area contributed by atoms with Crippen LogP contribution in [0.15, 0.2) is 54.6 Å². The molecule has 0 atom stereocenters. The van der Waals surface area contributed by atoms with Gasteiger partial charge in [-0.1, -0.05) is 63.2 Å². The molecular weight excluding hydrogens is 390 g/mol. The Kier molecular flexibility index (Phi) is 8.37. The van der Waals surface area contributed by atoms with E-state index in [-0.39, 0.29) is 10.7 Å². The van der Waals surface area contributed by atoms with Crippen LogP contribution in [0, 0.1) is 0 Å².